The van der Waals surface area contributed by atoms with E-state index >= 15 is 0 Å². The fraction of sp³-hybridized carbons (Fsp3) is 0.407. The molecule has 0 spiro atoms. The highest BCUT2D eigenvalue weighted by atomic mass is 16.5. The number of aromatic nitrogens is 2. The third-order valence-corrected chi connectivity index (χ3v) is 6.12. The Labute approximate surface area is 195 Å². The van der Waals surface area contributed by atoms with Crippen LogP contribution in [0.2, 0.25) is 0 Å². The summed E-state index contributed by atoms with van der Waals surface area (Å²) in [5.41, 5.74) is 4.30. The lowest BCUT2D eigenvalue weighted by molar-refractivity contribution is 0.0741. The van der Waals surface area contributed by atoms with Crippen LogP contribution in [0, 0.1) is 5.92 Å². The summed E-state index contributed by atoms with van der Waals surface area (Å²) in [7, 11) is 1.65. The average molecular weight is 448 g/mol. The van der Waals surface area contributed by atoms with E-state index in [1.807, 2.05) is 53.4 Å². The fourth-order valence-corrected chi connectivity index (χ4v) is 4.30. The molecule has 1 amide bonds. The minimum atomic E-state index is -0.230. The van der Waals surface area contributed by atoms with E-state index in [2.05, 4.69) is 31.0 Å². The molecule has 1 aromatic heterocycles. The molecule has 0 radical (unpaired) electrons. The fourth-order valence-electron chi connectivity index (χ4n) is 4.30. The van der Waals surface area contributed by atoms with Crippen molar-refractivity contribution in [3.63, 3.8) is 0 Å². The quantitative estimate of drug-likeness (QED) is 0.423. The molecule has 0 aliphatic carbocycles. The van der Waals surface area contributed by atoms with Crippen LogP contribution >= 0.6 is 0 Å². The lowest BCUT2D eigenvalue weighted by Crippen LogP contribution is -2.30. The molecule has 1 atom stereocenters. The van der Waals surface area contributed by atoms with E-state index in [0.29, 0.717) is 30.5 Å². The van der Waals surface area contributed by atoms with Crippen molar-refractivity contribution in [2.45, 2.75) is 46.1 Å². The number of nitrogens with one attached hydrogen (secondary N) is 1. The molecule has 174 valence electrons. The Bertz CT molecular complexity index is 1090. The van der Waals surface area contributed by atoms with Crippen LogP contribution in [0.4, 0.5) is 0 Å². The molecule has 0 saturated heterocycles. The van der Waals surface area contributed by atoms with Crippen LogP contribution in [-0.2, 0) is 0 Å². The third kappa shape index (κ3) is 4.61. The number of fused-ring (bicyclic) bond motifs is 1. The van der Waals surface area contributed by atoms with Gasteiger partial charge in [0, 0.05) is 17.7 Å². The van der Waals surface area contributed by atoms with Gasteiger partial charge in [-0.05, 0) is 36.5 Å². The second-order valence-corrected chi connectivity index (χ2v) is 8.92. The van der Waals surface area contributed by atoms with Gasteiger partial charge in [-0.15, -0.1) is 0 Å². The number of hydrogen-bond donors (Lipinski definition) is 1. The van der Waals surface area contributed by atoms with Gasteiger partial charge < -0.3 is 14.4 Å². The lowest BCUT2D eigenvalue weighted by atomic mass is 9.95. The van der Waals surface area contributed by atoms with Crippen molar-refractivity contribution < 1.29 is 14.3 Å². The number of rotatable bonds is 10. The maximum absolute atomic E-state index is 13.4. The van der Waals surface area contributed by atoms with Crippen LogP contribution in [0.1, 0.15) is 67.7 Å². The number of aromatic amines is 1. The molecule has 6 nitrogen and oxygen atoms in total. The second kappa shape index (κ2) is 10.1. The zero-order valence-electron chi connectivity index (χ0n) is 19.9. The average Bonchev–Trinajstić information content (AvgIpc) is 3.37. The van der Waals surface area contributed by atoms with E-state index in [-0.39, 0.29) is 11.9 Å². The van der Waals surface area contributed by atoms with E-state index in [1.165, 1.54) is 0 Å². The van der Waals surface area contributed by atoms with Gasteiger partial charge in [0.25, 0.3) is 5.91 Å². The first-order chi connectivity index (χ1) is 16.0. The Hall–Kier alpha value is -3.28. The largest absolute Gasteiger partial charge is 0.493 e. The molecule has 3 aromatic rings. The molecule has 2 heterocycles. The summed E-state index contributed by atoms with van der Waals surface area (Å²) in [5.74, 6) is 1.97. The van der Waals surface area contributed by atoms with Gasteiger partial charge in [0.1, 0.15) is 5.69 Å². The molecule has 0 fully saturated rings. The van der Waals surface area contributed by atoms with Crippen molar-refractivity contribution in [2.24, 2.45) is 5.92 Å². The molecule has 1 aliphatic heterocycles. The highest BCUT2D eigenvalue weighted by molar-refractivity contribution is 6.00. The monoisotopic (exact) mass is 447 g/mol. The van der Waals surface area contributed by atoms with E-state index in [0.717, 1.165) is 47.4 Å². The molecule has 4 rings (SSSR count). The molecule has 2 aromatic carbocycles. The van der Waals surface area contributed by atoms with Gasteiger partial charge in [0.05, 0.1) is 25.5 Å². The molecule has 0 saturated carbocycles. The van der Waals surface area contributed by atoms with Gasteiger partial charge in [-0.25, -0.2) is 0 Å². The summed E-state index contributed by atoms with van der Waals surface area (Å²) in [6.07, 6.45) is 2.93. The van der Waals surface area contributed by atoms with Gasteiger partial charge in [-0.2, -0.15) is 5.10 Å². The topological polar surface area (TPSA) is 67.5 Å². The number of ether oxygens (including phenoxy) is 2. The Morgan fingerprint density at radius 2 is 1.91 bits per heavy atom. The van der Waals surface area contributed by atoms with Gasteiger partial charge in [0.2, 0.25) is 0 Å². The van der Waals surface area contributed by atoms with Gasteiger partial charge >= 0.3 is 0 Å². The Morgan fingerprint density at radius 3 is 2.61 bits per heavy atom. The van der Waals surface area contributed by atoms with Crippen LogP contribution in [0.25, 0.3) is 11.3 Å². The normalized spacial score (nSPS) is 15.2. The zero-order chi connectivity index (χ0) is 23.4. The van der Waals surface area contributed by atoms with E-state index in [1.54, 1.807) is 7.11 Å². The molecule has 1 N–H and O–H groups in total. The summed E-state index contributed by atoms with van der Waals surface area (Å²) < 4.78 is 11.7. The van der Waals surface area contributed by atoms with Crippen molar-refractivity contribution in [3.05, 3.63) is 65.4 Å². The first kappa shape index (κ1) is 22.9. The van der Waals surface area contributed by atoms with Crippen molar-refractivity contribution in [1.29, 1.82) is 0 Å². The van der Waals surface area contributed by atoms with E-state index < -0.39 is 0 Å². The summed E-state index contributed by atoms with van der Waals surface area (Å²) in [6.45, 7) is 7.82. The first-order valence-electron chi connectivity index (χ1n) is 11.8. The maximum Gasteiger partial charge on any atom is 0.273 e. The van der Waals surface area contributed by atoms with Crippen LogP contribution in [0.5, 0.6) is 11.5 Å². The first-order valence-corrected chi connectivity index (χ1v) is 11.8. The number of methoxy groups -OCH3 is 1. The Morgan fingerprint density at radius 1 is 1.12 bits per heavy atom. The number of carbonyl (C=O) groups excluding carboxylic acids is 1. The van der Waals surface area contributed by atoms with Crippen molar-refractivity contribution >= 4 is 5.91 Å². The highest BCUT2D eigenvalue weighted by Crippen LogP contribution is 2.44. The SMILES string of the molecule is CCCCN1C(=O)c2[nH]nc(-c3ccccc3)c2C1c1ccc(OCCC(C)C)c(OC)c1. The van der Waals surface area contributed by atoms with Gasteiger partial charge in [0.15, 0.2) is 11.5 Å². The Balaban J connectivity index is 1.75. The third-order valence-electron chi connectivity index (χ3n) is 6.12. The highest BCUT2D eigenvalue weighted by Gasteiger charge is 2.42. The van der Waals surface area contributed by atoms with E-state index in [4.69, 9.17) is 9.47 Å². The second-order valence-electron chi connectivity index (χ2n) is 8.92. The maximum atomic E-state index is 13.4. The van der Waals surface area contributed by atoms with Crippen LogP contribution < -0.4 is 9.47 Å². The summed E-state index contributed by atoms with van der Waals surface area (Å²) >= 11 is 0. The summed E-state index contributed by atoms with van der Waals surface area (Å²) in [4.78, 5) is 15.3. The lowest BCUT2D eigenvalue weighted by Gasteiger charge is -2.27. The van der Waals surface area contributed by atoms with Crippen LogP contribution in [0.15, 0.2) is 48.5 Å². The number of H-pyrrole nitrogens is 1. The number of benzene rings is 2. The number of nitrogens with zero attached hydrogens (tertiary/aromatic N) is 2. The minimum absolute atomic E-state index is 0.00522. The number of unbranched alkanes of at least 4 members (excludes halogenated alkanes) is 1. The molecule has 1 aliphatic rings. The van der Waals surface area contributed by atoms with Crippen molar-refractivity contribution in [2.75, 3.05) is 20.3 Å². The summed E-state index contributed by atoms with van der Waals surface area (Å²) in [6, 6.07) is 15.8. The van der Waals surface area contributed by atoms with Gasteiger partial charge in [-0.3, -0.25) is 9.89 Å². The van der Waals surface area contributed by atoms with Crippen LogP contribution in [0.3, 0.4) is 0 Å². The predicted octanol–water partition coefficient (Wildman–Crippen LogP) is 5.86. The van der Waals surface area contributed by atoms with Crippen LogP contribution in [-0.4, -0.2) is 41.3 Å². The predicted molar refractivity (Wildman–Crippen MR) is 130 cm³/mol. The van der Waals surface area contributed by atoms with Crippen molar-refractivity contribution in [3.8, 4) is 22.8 Å². The van der Waals surface area contributed by atoms with Gasteiger partial charge in [-0.1, -0.05) is 63.6 Å². The molecular weight excluding hydrogens is 414 g/mol. The smallest absolute Gasteiger partial charge is 0.273 e. The Kier molecular flexibility index (Phi) is 7.02. The molecular formula is C27H33N3O3. The van der Waals surface area contributed by atoms with Crippen molar-refractivity contribution in [1.82, 2.24) is 15.1 Å². The number of hydrogen-bond acceptors (Lipinski definition) is 4. The minimum Gasteiger partial charge on any atom is -0.493 e. The summed E-state index contributed by atoms with van der Waals surface area (Å²) in [5, 5.41) is 7.56. The van der Waals surface area contributed by atoms with E-state index in [9.17, 15) is 4.79 Å². The molecule has 33 heavy (non-hydrogen) atoms. The number of carbonyl (C=O) groups is 1. The number of amides is 1. The molecule has 0 bridgehead atoms. The zero-order valence-corrected chi connectivity index (χ0v) is 19.9. The molecule has 6 heteroatoms. The standard InChI is InChI=1S/C27H33N3O3/c1-5-6-15-30-26(20-12-13-21(22(17-20)32-4)33-16-14-18(2)3)23-24(19-10-8-7-9-11-19)28-29-25(23)27(30)31/h7-13,17-18,26H,5-6,14-16H2,1-4H3,(H,28,29). The molecule has 1 unspecified atom stereocenters.